The van der Waals surface area contributed by atoms with E-state index in [9.17, 15) is 0 Å². The van der Waals surface area contributed by atoms with Crippen LogP contribution >= 0.6 is 23.4 Å². The molecule has 0 unspecified atom stereocenters. The summed E-state index contributed by atoms with van der Waals surface area (Å²) in [6.07, 6.45) is 0. The van der Waals surface area contributed by atoms with E-state index in [0.717, 1.165) is 21.9 Å². The lowest BCUT2D eigenvalue weighted by atomic mass is 10.3. The second-order valence-corrected chi connectivity index (χ2v) is 5.26. The molecule has 0 radical (unpaired) electrons. The van der Waals surface area contributed by atoms with E-state index in [0.29, 0.717) is 0 Å². The van der Waals surface area contributed by atoms with Gasteiger partial charge in [0, 0.05) is 9.92 Å². The molecule has 0 saturated heterocycles. The summed E-state index contributed by atoms with van der Waals surface area (Å²) in [4.78, 5) is 1.17. The van der Waals surface area contributed by atoms with Crippen molar-refractivity contribution in [1.29, 1.82) is 0 Å². The van der Waals surface area contributed by atoms with Gasteiger partial charge < -0.3 is 0 Å². The lowest BCUT2D eigenvalue weighted by molar-refractivity contribution is 0.723. The molecule has 3 aromatic rings. The van der Waals surface area contributed by atoms with Crippen LogP contribution in [-0.2, 0) is 5.88 Å². The topological polar surface area (TPSA) is 30.7 Å². The van der Waals surface area contributed by atoms with Gasteiger partial charge in [-0.3, -0.25) is 0 Å². The number of hydrogen-bond donors (Lipinski definition) is 0. The monoisotopic (exact) mass is 275 g/mol. The Balaban J connectivity index is 1.79. The number of rotatable bonds is 3. The summed E-state index contributed by atoms with van der Waals surface area (Å²) in [6.45, 7) is 0. The summed E-state index contributed by atoms with van der Waals surface area (Å²) in [5.41, 5.74) is 1.98. The molecule has 0 spiro atoms. The smallest absolute Gasteiger partial charge is 0.113 e. The fourth-order valence-electron chi connectivity index (χ4n) is 1.68. The van der Waals surface area contributed by atoms with Crippen LogP contribution in [-0.4, -0.2) is 15.0 Å². The molecule has 0 amide bonds. The average molecular weight is 276 g/mol. The first-order valence-electron chi connectivity index (χ1n) is 5.49. The number of nitrogens with zero attached hydrogens (tertiary/aromatic N) is 3. The first-order valence-corrected chi connectivity index (χ1v) is 6.86. The minimum atomic E-state index is 0.738. The molecule has 0 bridgehead atoms. The zero-order valence-electron chi connectivity index (χ0n) is 9.45. The molecular formula is C13H10ClN3S. The van der Waals surface area contributed by atoms with Gasteiger partial charge in [0.2, 0.25) is 0 Å². The molecule has 0 aliphatic rings. The molecule has 1 heterocycles. The maximum atomic E-state index is 5.85. The van der Waals surface area contributed by atoms with E-state index in [1.165, 1.54) is 4.90 Å². The second-order valence-electron chi connectivity index (χ2n) is 3.81. The van der Waals surface area contributed by atoms with Crippen molar-refractivity contribution < 1.29 is 0 Å². The zero-order valence-corrected chi connectivity index (χ0v) is 11.0. The molecule has 0 fully saturated rings. The van der Waals surface area contributed by atoms with Crippen molar-refractivity contribution in [3.63, 3.8) is 0 Å². The Kier molecular flexibility index (Phi) is 3.21. The van der Waals surface area contributed by atoms with Crippen LogP contribution in [0.4, 0.5) is 0 Å². The fourth-order valence-corrected chi connectivity index (χ4v) is 2.60. The van der Waals surface area contributed by atoms with Crippen LogP contribution < -0.4 is 0 Å². The quantitative estimate of drug-likeness (QED) is 0.681. The van der Waals surface area contributed by atoms with E-state index in [4.69, 9.17) is 11.6 Å². The number of halogens is 1. The highest BCUT2D eigenvalue weighted by Crippen LogP contribution is 2.23. The number of aromatic nitrogens is 3. The van der Waals surface area contributed by atoms with Crippen molar-refractivity contribution in [3.05, 3.63) is 53.6 Å². The molecule has 5 heteroatoms. The largest absolute Gasteiger partial charge is 0.234 e. The van der Waals surface area contributed by atoms with Crippen molar-refractivity contribution in [1.82, 2.24) is 15.0 Å². The SMILES string of the molecule is Clc1ccc(SCn2nnc3ccccc32)cc1. The van der Waals surface area contributed by atoms with Crippen LogP contribution in [0.25, 0.3) is 11.0 Å². The first-order chi connectivity index (χ1) is 8.83. The Morgan fingerprint density at radius 3 is 2.67 bits per heavy atom. The number of para-hydroxylation sites is 1. The Morgan fingerprint density at radius 2 is 1.83 bits per heavy atom. The van der Waals surface area contributed by atoms with Gasteiger partial charge in [-0.2, -0.15) is 0 Å². The van der Waals surface area contributed by atoms with Gasteiger partial charge in [0.1, 0.15) is 5.52 Å². The lowest BCUT2D eigenvalue weighted by Crippen LogP contribution is -1.96. The highest BCUT2D eigenvalue weighted by molar-refractivity contribution is 7.98. The van der Waals surface area contributed by atoms with Crippen molar-refractivity contribution in [2.75, 3.05) is 0 Å². The number of fused-ring (bicyclic) bond motifs is 1. The molecule has 0 N–H and O–H groups in total. The van der Waals surface area contributed by atoms with Crippen molar-refractivity contribution in [2.24, 2.45) is 0 Å². The molecule has 0 aliphatic heterocycles. The third-order valence-electron chi connectivity index (χ3n) is 2.59. The van der Waals surface area contributed by atoms with Crippen LogP contribution in [0, 0.1) is 0 Å². The summed E-state index contributed by atoms with van der Waals surface area (Å²) in [7, 11) is 0. The molecule has 90 valence electrons. The van der Waals surface area contributed by atoms with Gasteiger partial charge in [-0.15, -0.1) is 16.9 Å². The standard InChI is InChI=1S/C13H10ClN3S/c14-10-5-7-11(8-6-10)18-9-17-13-4-2-1-3-12(13)15-16-17/h1-8H,9H2. The van der Waals surface area contributed by atoms with Crippen LogP contribution in [0.2, 0.25) is 5.02 Å². The number of hydrogen-bond acceptors (Lipinski definition) is 3. The Labute approximate surface area is 114 Å². The predicted octanol–water partition coefficient (Wildman–Crippen LogP) is 3.83. The molecule has 2 aromatic carbocycles. The minimum absolute atomic E-state index is 0.738. The minimum Gasteiger partial charge on any atom is -0.234 e. The predicted molar refractivity (Wildman–Crippen MR) is 74.8 cm³/mol. The fraction of sp³-hybridized carbons (Fsp3) is 0.0769. The van der Waals surface area contributed by atoms with Crippen LogP contribution in [0.15, 0.2) is 53.4 Å². The van der Waals surface area contributed by atoms with Gasteiger partial charge in [0.05, 0.1) is 11.4 Å². The molecule has 1 aromatic heterocycles. The average Bonchev–Trinajstić information content (AvgIpc) is 2.82. The highest BCUT2D eigenvalue weighted by Gasteiger charge is 2.03. The zero-order chi connectivity index (χ0) is 12.4. The maximum absolute atomic E-state index is 5.85. The normalized spacial score (nSPS) is 10.9. The maximum Gasteiger partial charge on any atom is 0.113 e. The van der Waals surface area contributed by atoms with Crippen molar-refractivity contribution in [2.45, 2.75) is 10.8 Å². The molecule has 18 heavy (non-hydrogen) atoms. The van der Waals surface area contributed by atoms with Crippen molar-refractivity contribution >= 4 is 34.4 Å². The molecule has 3 nitrogen and oxygen atoms in total. The number of thioether (sulfide) groups is 1. The van der Waals surface area contributed by atoms with Gasteiger partial charge in [0.15, 0.2) is 0 Å². The summed E-state index contributed by atoms with van der Waals surface area (Å²) < 4.78 is 1.90. The molecule has 0 atom stereocenters. The van der Waals surface area contributed by atoms with E-state index in [-0.39, 0.29) is 0 Å². The van der Waals surface area contributed by atoms with Crippen LogP contribution in [0.3, 0.4) is 0 Å². The number of benzene rings is 2. The highest BCUT2D eigenvalue weighted by atomic mass is 35.5. The van der Waals surface area contributed by atoms with Gasteiger partial charge in [-0.1, -0.05) is 28.9 Å². The lowest BCUT2D eigenvalue weighted by Gasteiger charge is -2.02. The summed E-state index contributed by atoms with van der Waals surface area (Å²) in [6, 6.07) is 15.7. The third kappa shape index (κ3) is 2.35. The first kappa shape index (κ1) is 11.6. The van der Waals surface area contributed by atoms with E-state index in [1.807, 2.05) is 53.2 Å². The summed E-state index contributed by atoms with van der Waals surface area (Å²) >= 11 is 7.56. The summed E-state index contributed by atoms with van der Waals surface area (Å²) in [5, 5.41) is 9.03. The van der Waals surface area contributed by atoms with Crippen molar-refractivity contribution in [3.8, 4) is 0 Å². The Hall–Kier alpha value is -1.52. The Morgan fingerprint density at radius 1 is 1.06 bits per heavy atom. The van der Waals surface area contributed by atoms with Gasteiger partial charge in [-0.25, -0.2) is 4.68 Å². The van der Waals surface area contributed by atoms with Gasteiger partial charge in [-0.05, 0) is 36.4 Å². The van der Waals surface area contributed by atoms with E-state index < -0.39 is 0 Å². The van der Waals surface area contributed by atoms with E-state index in [1.54, 1.807) is 11.8 Å². The molecular weight excluding hydrogens is 266 g/mol. The van der Waals surface area contributed by atoms with Gasteiger partial charge >= 0.3 is 0 Å². The van der Waals surface area contributed by atoms with Crippen LogP contribution in [0.1, 0.15) is 0 Å². The molecule has 0 saturated carbocycles. The molecule has 0 aliphatic carbocycles. The third-order valence-corrected chi connectivity index (χ3v) is 3.82. The second kappa shape index (κ2) is 5.00. The Bertz CT molecular complexity index is 663. The van der Waals surface area contributed by atoms with Gasteiger partial charge in [0.25, 0.3) is 0 Å². The summed E-state index contributed by atoms with van der Waals surface area (Å²) in [5.74, 6) is 0.738. The molecule has 3 rings (SSSR count). The van der Waals surface area contributed by atoms with E-state index in [2.05, 4.69) is 10.3 Å². The van der Waals surface area contributed by atoms with Crippen LogP contribution in [0.5, 0.6) is 0 Å². The van der Waals surface area contributed by atoms with E-state index >= 15 is 0 Å².